The molecule has 0 aromatic heterocycles. The van der Waals surface area contributed by atoms with Gasteiger partial charge in [-0.25, -0.2) is 13.6 Å². The number of carbonyl (C=O) groups excluding carboxylic acids is 3. The third-order valence-corrected chi connectivity index (χ3v) is 3.36. The lowest BCUT2D eigenvalue weighted by atomic mass is 9.95. The first-order chi connectivity index (χ1) is 11.9. The van der Waals surface area contributed by atoms with E-state index in [1.807, 2.05) is 0 Å². The zero-order valence-corrected chi connectivity index (χ0v) is 13.9. The third kappa shape index (κ3) is 4.83. The third-order valence-electron chi connectivity index (χ3n) is 3.36. The Bertz CT molecular complexity index is 678. The van der Waals surface area contributed by atoms with Crippen molar-refractivity contribution in [1.29, 1.82) is 0 Å². The molecule has 0 aliphatic rings. The molecule has 0 heterocycles. The molecule has 7 nitrogen and oxygen atoms in total. The first kappa shape index (κ1) is 20.2. The van der Waals surface area contributed by atoms with Gasteiger partial charge in [-0.3, -0.25) is 9.59 Å². The van der Waals surface area contributed by atoms with Crippen LogP contribution in [0.4, 0.5) is 8.78 Å². The van der Waals surface area contributed by atoms with Crippen LogP contribution in [0.3, 0.4) is 0 Å². The van der Waals surface area contributed by atoms with Crippen molar-refractivity contribution in [3.63, 3.8) is 0 Å². The van der Waals surface area contributed by atoms with Crippen molar-refractivity contribution in [1.82, 2.24) is 10.2 Å². The summed E-state index contributed by atoms with van der Waals surface area (Å²) >= 11 is 0. The monoisotopic (exact) mass is 356 g/mol. The van der Waals surface area contributed by atoms with Crippen molar-refractivity contribution >= 4 is 18.8 Å². The van der Waals surface area contributed by atoms with E-state index in [4.69, 9.17) is 9.47 Å². The number of benzene rings is 1. The van der Waals surface area contributed by atoms with Crippen molar-refractivity contribution in [2.75, 3.05) is 27.9 Å². The lowest BCUT2D eigenvalue weighted by molar-refractivity contribution is -0.137. The number of likely N-dealkylation sites (N-methyl/N-ethyl adjacent to an activating group) is 1. The molecule has 1 rings (SSSR count). The highest BCUT2D eigenvalue weighted by molar-refractivity contribution is 5.91. The number of ether oxygens (including phenoxy) is 2. The van der Waals surface area contributed by atoms with E-state index in [1.54, 1.807) is 0 Å². The average Bonchev–Trinajstić information content (AvgIpc) is 2.60. The maximum absolute atomic E-state index is 13.6. The molecule has 0 aliphatic heterocycles. The number of nitrogens with one attached hydrogen (secondary N) is 1. The predicted molar refractivity (Wildman–Crippen MR) is 83.0 cm³/mol. The summed E-state index contributed by atoms with van der Waals surface area (Å²) in [5, 5.41) is 2.32. The average molecular weight is 356 g/mol. The number of nitrogens with zero attached hydrogens (tertiary/aromatic N) is 1. The maximum atomic E-state index is 13.6. The fourth-order valence-corrected chi connectivity index (χ4v) is 2.27. The second-order valence-corrected chi connectivity index (χ2v) is 4.93. The van der Waals surface area contributed by atoms with Crippen molar-refractivity contribution in [2.24, 2.45) is 0 Å². The van der Waals surface area contributed by atoms with Crippen molar-refractivity contribution in [2.45, 2.75) is 6.04 Å². The zero-order chi connectivity index (χ0) is 19.0. The first-order valence-corrected chi connectivity index (χ1v) is 7.03. The summed E-state index contributed by atoms with van der Waals surface area (Å²) in [7, 11) is 3.78. The van der Waals surface area contributed by atoms with Crippen LogP contribution in [0.25, 0.3) is 0 Å². The van der Waals surface area contributed by atoms with Crippen LogP contribution in [-0.4, -0.2) is 51.6 Å². The molecule has 0 saturated heterocycles. The largest absolute Gasteiger partial charge is 0.466 e. The molecule has 1 aromatic carbocycles. The number of methoxy groups -OCH3 is 2. The van der Waals surface area contributed by atoms with Crippen LogP contribution >= 0.6 is 0 Å². The molecule has 1 N–H and O–H groups in total. The van der Waals surface area contributed by atoms with Gasteiger partial charge in [0.1, 0.15) is 0 Å². The Labute approximate surface area is 143 Å². The standard InChI is InChI=1S/C16H18F2N2O5/c1-20(9-22)15(10-4-5-11(17)12(18)6-10)14(16(23)25-3)13(7-24-2)19-8-21/h4-6,8-9,15H,7H2,1-3H3,(H,19,21)/b14-13+. The van der Waals surface area contributed by atoms with Crippen LogP contribution in [-0.2, 0) is 23.9 Å². The number of rotatable bonds is 9. The van der Waals surface area contributed by atoms with Gasteiger partial charge < -0.3 is 19.7 Å². The van der Waals surface area contributed by atoms with E-state index in [0.29, 0.717) is 12.8 Å². The van der Waals surface area contributed by atoms with Crippen LogP contribution in [0, 0.1) is 11.6 Å². The quantitative estimate of drug-likeness (QED) is 0.404. The number of hydrogen-bond donors (Lipinski definition) is 1. The molecular formula is C16H18F2N2O5. The molecule has 1 aromatic rings. The van der Waals surface area contributed by atoms with Gasteiger partial charge in [0.05, 0.1) is 31.0 Å². The zero-order valence-electron chi connectivity index (χ0n) is 13.9. The summed E-state index contributed by atoms with van der Waals surface area (Å²) in [5.41, 5.74) is -0.0277. The van der Waals surface area contributed by atoms with Crippen LogP contribution in [0.15, 0.2) is 29.5 Å². The molecule has 0 radical (unpaired) electrons. The second-order valence-electron chi connectivity index (χ2n) is 4.93. The van der Waals surface area contributed by atoms with Crippen molar-refractivity contribution in [3.05, 3.63) is 46.7 Å². The summed E-state index contributed by atoms with van der Waals surface area (Å²) in [5.74, 6) is -3.10. The first-order valence-electron chi connectivity index (χ1n) is 7.03. The van der Waals surface area contributed by atoms with Gasteiger partial charge >= 0.3 is 5.97 Å². The fraction of sp³-hybridized carbons (Fsp3) is 0.312. The molecule has 0 spiro atoms. The van der Waals surface area contributed by atoms with E-state index in [-0.39, 0.29) is 23.4 Å². The maximum Gasteiger partial charge on any atom is 0.338 e. The molecule has 0 aliphatic carbocycles. The summed E-state index contributed by atoms with van der Waals surface area (Å²) in [4.78, 5) is 35.5. The Kier molecular flexibility index (Phi) is 7.67. The van der Waals surface area contributed by atoms with E-state index in [9.17, 15) is 23.2 Å². The SMILES string of the molecule is COC/C(NC=O)=C(\C(=O)OC)C(c1ccc(F)c(F)c1)N(C)C=O. The number of amides is 2. The van der Waals surface area contributed by atoms with Crippen LogP contribution in [0.5, 0.6) is 0 Å². The molecule has 0 saturated carbocycles. The smallest absolute Gasteiger partial charge is 0.338 e. The van der Waals surface area contributed by atoms with Crippen molar-refractivity contribution < 1.29 is 32.6 Å². The molecule has 0 fully saturated rings. The number of esters is 1. The van der Waals surface area contributed by atoms with E-state index in [1.165, 1.54) is 20.2 Å². The molecular weight excluding hydrogens is 338 g/mol. The molecule has 0 bridgehead atoms. The Morgan fingerprint density at radius 2 is 1.96 bits per heavy atom. The lowest BCUT2D eigenvalue weighted by Gasteiger charge is -2.28. The summed E-state index contributed by atoms with van der Waals surface area (Å²) < 4.78 is 36.5. The highest BCUT2D eigenvalue weighted by Crippen LogP contribution is 2.30. The second kappa shape index (κ2) is 9.48. The van der Waals surface area contributed by atoms with Crippen LogP contribution in [0.2, 0.25) is 0 Å². The van der Waals surface area contributed by atoms with E-state index in [2.05, 4.69) is 5.32 Å². The van der Waals surface area contributed by atoms with E-state index in [0.717, 1.165) is 24.1 Å². The minimum absolute atomic E-state index is 0.0211. The summed E-state index contributed by atoms with van der Waals surface area (Å²) in [6, 6.07) is 1.80. The molecule has 1 atom stereocenters. The summed E-state index contributed by atoms with van der Waals surface area (Å²) in [6.45, 7) is -0.184. The highest BCUT2D eigenvalue weighted by Gasteiger charge is 2.31. The molecule has 25 heavy (non-hydrogen) atoms. The number of halogens is 2. The highest BCUT2D eigenvalue weighted by atomic mass is 19.2. The topological polar surface area (TPSA) is 84.9 Å². The van der Waals surface area contributed by atoms with Crippen molar-refractivity contribution in [3.8, 4) is 0 Å². The van der Waals surface area contributed by atoms with E-state index < -0.39 is 23.6 Å². The Morgan fingerprint density at radius 1 is 1.28 bits per heavy atom. The minimum Gasteiger partial charge on any atom is -0.466 e. The summed E-state index contributed by atoms with van der Waals surface area (Å²) in [6.07, 6.45) is 0.723. The van der Waals surface area contributed by atoms with Gasteiger partial charge in [-0.05, 0) is 17.7 Å². The van der Waals surface area contributed by atoms with Gasteiger partial charge in [0.2, 0.25) is 12.8 Å². The van der Waals surface area contributed by atoms with Gasteiger partial charge in [0.15, 0.2) is 11.6 Å². The van der Waals surface area contributed by atoms with Gasteiger partial charge in [-0.15, -0.1) is 0 Å². The molecule has 136 valence electrons. The lowest BCUT2D eigenvalue weighted by Crippen LogP contribution is -2.33. The Morgan fingerprint density at radius 3 is 2.44 bits per heavy atom. The Hall–Kier alpha value is -2.81. The number of carbonyl (C=O) groups is 3. The van der Waals surface area contributed by atoms with Gasteiger partial charge in [0, 0.05) is 14.2 Å². The van der Waals surface area contributed by atoms with Gasteiger partial charge in [0.25, 0.3) is 0 Å². The Balaban J connectivity index is 3.66. The molecule has 1 unspecified atom stereocenters. The van der Waals surface area contributed by atoms with Gasteiger partial charge in [-0.1, -0.05) is 6.07 Å². The predicted octanol–water partition coefficient (Wildman–Crippen LogP) is 0.914. The van der Waals surface area contributed by atoms with Crippen LogP contribution in [0.1, 0.15) is 11.6 Å². The normalized spacial score (nSPS) is 12.7. The minimum atomic E-state index is -1.15. The molecule has 2 amide bonds. The van der Waals surface area contributed by atoms with Gasteiger partial charge in [-0.2, -0.15) is 0 Å². The van der Waals surface area contributed by atoms with E-state index >= 15 is 0 Å². The molecule has 9 heteroatoms. The fourth-order valence-electron chi connectivity index (χ4n) is 2.27. The van der Waals surface area contributed by atoms with Crippen LogP contribution < -0.4 is 5.32 Å². The number of hydrogen-bond acceptors (Lipinski definition) is 5.